The van der Waals surface area contributed by atoms with E-state index in [4.69, 9.17) is 5.73 Å². The van der Waals surface area contributed by atoms with Gasteiger partial charge in [-0.05, 0) is 56.9 Å². The predicted octanol–water partition coefficient (Wildman–Crippen LogP) is 3.01. The maximum atomic E-state index is 6.00. The van der Waals surface area contributed by atoms with Crippen LogP contribution < -0.4 is 5.73 Å². The molecular weight excluding hydrogens is 208 g/mol. The maximum Gasteiger partial charge on any atom is 0.0104 e. The number of rotatable bonds is 4. The highest BCUT2D eigenvalue weighted by Crippen LogP contribution is 2.39. The van der Waals surface area contributed by atoms with Crippen LogP contribution in [-0.4, -0.2) is 29.6 Å². The summed E-state index contributed by atoms with van der Waals surface area (Å²) in [5.74, 6) is 1.87. The van der Waals surface area contributed by atoms with E-state index in [9.17, 15) is 0 Å². The first kappa shape index (κ1) is 13.4. The molecule has 0 aromatic carbocycles. The molecule has 0 heterocycles. The van der Waals surface area contributed by atoms with Crippen molar-refractivity contribution in [2.24, 2.45) is 17.6 Å². The van der Waals surface area contributed by atoms with E-state index in [1.54, 1.807) is 0 Å². The number of nitrogens with zero attached hydrogens (tertiary/aromatic N) is 1. The first-order chi connectivity index (χ1) is 8.11. The summed E-state index contributed by atoms with van der Waals surface area (Å²) in [7, 11) is 0. The Labute approximate surface area is 107 Å². The third kappa shape index (κ3) is 3.03. The average molecular weight is 238 g/mol. The van der Waals surface area contributed by atoms with Crippen molar-refractivity contribution in [1.29, 1.82) is 0 Å². The lowest BCUT2D eigenvalue weighted by atomic mass is 9.72. The van der Waals surface area contributed by atoms with Gasteiger partial charge in [-0.3, -0.25) is 4.90 Å². The van der Waals surface area contributed by atoms with Crippen LogP contribution in [0.25, 0.3) is 0 Å². The summed E-state index contributed by atoms with van der Waals surface area (Å²) in [5, 5.41) is 0. The molecule has 2 heteroatoms. The van der Waals surface area contributed by atoms with E-state index >= 15 is 0 Å². The maximum absolute atomic E-state index is 6.00. The minimum atomic E-state index is 0.481. The van der Waals surface area contributed by atoms with Gasteiger partial charge in [0.2, 0.25) is 0 Å². The van der Waals surface area contributed by atoms with Gasteiger partial charge in [0.05, 0.1) is 0 Å². The molecule has 2 rings (SSSR count). The first-order valence-electron chi connectivity index (χ1n) is 7.63. The third-order valence-electron chi connectivity index (χ3n) is 5.14. The molecule has 2 aliphatic rings. The molecule has 0 spiro atoms. The molecule has 2 N–H and O–H groups in total. The average Bonchev–Trinajstić information content (AvgIpc) is 2.23. The Kier molecular flexibility index (Phi) is 4.48. The van der Waals surface area contributed by atoms with Gasteiger partial charge in [-0.15, -0.1) is 0 Å². The zero-order valence-corrected chi connectivity index (χ0v) is 11.9. The molecule has 0 atom stereocenters. The Morgan fingerprint density at radius 2 is 1.65 bits per heavy atom. The van der Waals surface area contributed by atoms with E-state index in [-0.39, 0.29) is 0 Å². The zero-order valence-electron chi connectivity index (χ0n) is 11.9. The van der Waals surface area contributed by atoms with Crippen LogP contribution in [-0.2, 0) is 0 Å². The molecule has 0 aromatic rings. The van der Waals surface area contributed by atoms with Gasteiger partial charge in [0.15, 0.2) is 0 Å². The molecule has 2 nitrogen and oxygen atoms in total. The Balaban J connectivity index is 1.81. The van der Waals surface area contributed by atoms with Crippen molar-refractivity contribution in [2.75, 3.05) is 6.54 Å². The molecule has 0 bridgehead atoms. The summed E-state index contributed by atoms with van der Waals surface area (Å²) < 4.78 is 0. The van der Waals surface area contributed by atoms with Crippen molar-refractivity contribution < 1.29 is 0 Å². The largest absolute Gasteiger partial charge is 0.328 e. The minimum Gasteiger partial charge on any atom is -0.328 e. The van der Waals surface area contributed by atoms with E-state index in [1.165, 1.54) is 45.1 Å². The van der Waals surface area contributed by atoms with Crippen molar-refractivity contribution in [3.8, 4) is 0 Å². The molecule has 0 amide bonds. The molecular formula is C15H30N2. The molecule has 0 saturated heterocycles. The normalized spacial score (nSPS) is 38.5. The van der Waals surface area contributed by atoms with E-state index in [0.717, 1.165) is 23.9 Å². The van der Waals surface area contributed by atoms with Gasteiger partial charge in [0.25, 0.3) is 0 Å². The Bertz CT molecular complexity index is 225. The molecule has 0 radical (unpaired) electrons. The summed E-state index contributed by atoms with van der Waals surface area (Å²) in [5.41, 5.74) is 6.00. The van der Waals surface area contributed by atoms with Crippen LogP contribution >= 0.6 is 0 Å². The van der Waals surface area contributed by atoms with Crippen molar-refractivity contribution in [1.82, 2.24) is 4.90 Å². The monoisotopic (exact) mass is 238 g/mol. The van der Waals surface area contributed by atoms with Crippen LogP contribution in [0.4, 0.5) is 0 Å². The van der Waals surface area contributed by atoms with Crippen molar-refractivity contribution in [2.45, 2.75) is 77.4 Å². The van der Waals surface area contributed by atoms with Crippen LogP contribution in [0.1, 0.15) is 59.3 Å². The van der Waals surface area contributed by atoms with Crippen molar-refractivity contribution in [3.05, 3.63) is 0 Å². The second-order valence-electron chi connectivity index (χ2n) is 6.53. The quantitative estimate of drug-likeness (QED) is 0.816. The van der Waals surface area contributed by atoms with Gasteiger partial charge in [-0.25, -0.2) is 0 Å². The summed E-state index contributed by atoms with van der Waals surface area (Å²) >= 11 is 0. The highest BCUT2D eigenvalue weighted by molar-refractivity contribution is 4.92. The standard InChI is InChI=1S/C15H30N2/c1-4-17(14-7-5-13(16)6-8-14)15-9-12(10-15)11(2)3/h11-15H,4-10,16H2,1-3H3. The predicted molar refractivity (Wildman–Crippen MR) is 74.0 cm³/mol. The fourth-order valence-electron chi connectivity index (χ4n) is 3.69. The van der Waals surface area contributed by atoms with Crippen LogP contribution in [0, 0.1) is 11.8 Å². The second-order valence-corrected chi connectivity index (χ2v) is 6.53. The SMILES string of the molecule is CCN(C1CCC(N)CC1)C1CC(C(C)C)C1. The molecule has 100 valence electrons. The lowest BCUT2D eigenvalue weighted by molar-refractivity contribution is 0.0152. The third-order valence-corrected chi connectivity index (χ3v) is 5.14. The van der Waals surface area contributed by atoms with Crippen LogP contribution in [0.5, 0.6) is 0 Å². The lowest BCUT2D eigenvalue weighted by Crippen LogP contribution is -2.52. The smallest absolute Gasteiger partial charge is 0.0104 e. The molecule has 0 aromatic heterocycles. The number of hydrogen-bond acceptors (Lipinski definition) is 2. The molecule has 17 heavy (non-hydrogen) atoms. The molecule has 0 aliphatic heterocycles. The van der Waals surface area contributed by atoms with E-state index in [2.05, 4.69) is 25.7 Å². The van der Waals surface area contributed by atoms with Crippen LogP contribution in [0.2, 0.25) is 0 Å². The van der Waals surface area contributed by atoms with E-state index in [1.807, 2.05) is 0 Å². The topological polar surface area (TPSA) is 29.3 Å². The van der Waals surface area contributed by atoms with Gasteiger partial charge < -0.3 is 5.73 Å². The fourth-order valence-corrected chi connectivity index (χ4v) is 3.69. The van der Waals surface area contributed by atoms with E-state index in [0.29, 0.717) is 6.04 Å². The van der Waals surface area contributed by atoms with Gasteiger partial charge in [-0.2, -0.15) is 0 Å². The van der Waals surface area contributed by atoms with Gasteiger partial charge in [-0.1, -0.05) is 20.8 Å². The van der Waals surface area contributed by atoms with Gasteiger partial charge >= 0.3 is 0 Å². The van der Waals surface area contributed by atoms with Crippen molar-refractivity contribution >= 4 is 0 Å². The second kappa shape index (κ2) is 5.71. The Morgan fingerprint density at radius 1 is 1.06 bits per heavy atom. The summed E-state index contributed by atoms with van der Waals surface area (Å²) in [4.78, 5) is 2.78. The lowest BCUT2D eigenvalue weighted by Gasteiger charge is -2.49. The summed E-state index contributed by atoms with van der Waals surface area (Å²) in [6.07, 6.45) is 8.01. The fraction of sp³-hybridized carbons (Fsp3) is 1.00. The number of hydrogen-bond donors (Lipinski definition) is 1. The van der Waals surface area contributed by atoms with E-state index < -0.39 is 0 Å². The molecule has 2 aliphatic carbocycles. The summed E-state index contributed by atoms with van der Waals surface area (Å²) in [6.45, 7) is 8.31. The highest BCUT2D eigenvalue weighted by Gasteiger charge is 2.37. The molecule has 2 fully saturated rings. The van der Waals surface area contributed by atoms with Gasteiger partial charge in [0.1, 0.15) is 0 Å². The first-order valence-corrected chi connectivity index (χ1v) is 7.63. The van der Waals surface area contributed by atoms with Gasteiger partial charge in [0, 0.05) is 18.1 Å². The highest BCUT2D eigenvalue weighted by atomic mass is 15.2. The summed E-state index contributed by atoms with van der Waals surface area (Å²) in [6, 6.07) is 2.19. The zero-order chi connectivity index (χ0) is 12.4. The number of nitrogens with two attached hydrogens (primary N) is 1. The van der Waals surface area contributed by atoms with Crippen LogP contribution in [0.15, 0.2) is 0 Å². The minimum absolute atomic E-state index is 0.481. The van der Waals surface area contributed by atoms with Crippen LogP contribution in [0.3, 0.4) is 0 Å². The van der Waals surface area contributed by atoms with Crippen molar-refractivity contribution in [3.63, 3.8) is 0 Å². The molecule has 2 saturated carbocycles. The molecule has 0 unspecified atom stereocenters. The Morgan fingerprint density at radius 3 is 2.12 bits per heavy atom. The Hall–Kier alpha value is -0.0800.